The maximum absolute atomic E-state index is 12.8. The van der Waals surface area contributed by atoms with Crippen LogP contribution in [0.15, 0.2) is 53.4 Å². The van der Waals surface area contributed by atoms with Crippen molar-refractivity contribution in [3.8, 4) is 0 Å². The number of benzene rings is 2. The van der Waals surface area contributed by atoms with Crippen LogP contribution in [-0.4, -0.2) is 56.3 Å². The summed E-state index contributed by atoms with van der Waals surface area (Å²) in [5, 5.41) is 3.29. The van der Waals surface area contributed by atoms with Gasteiger partial charge in [-0.05, 0) is 43.0 Å². The lowest BCUT2D eigenvalue weighted by Crippen LogP contribution is -2.52. The Bertz CT molecular complexity index is 978. The molecule has 1 unspecified atom stereocenters. The number of amides is 1. The minimum Gasteiger partial charge on any atom is -0.339 e. The van der Waals surface area contributed by atoms with E-state index in [1.807, 2.05) is 13.8 Å². The molecule has 1 aliphatic rings. The van der Waals surface area contributed by atoms with Crippen molar-refractivity contribution in [2.24, 2.45) is 0 Å². The molecule has 1 amide bonds. The first-order valence-corrected chi connectivity index (χ1v) is 12.3. The Morgan fingerprint density at radius 1 is 0.903 bits per heavy atom. The van der Waals surface area contributed by atoms with Gasteiger partial charge in [0, 0.05) is 32.2 Å². The van der Waals surface area contributed by atoms with Crippen molar-refractivity contribution in [3.05, 3.63) is 65.2 Å². The topological polar surface area (TPSA) is 69.7 Å². The molecule has 1 N–H and O–H groups in total. The van der Waals surface area contributed by atoms with E-state index in [1.54, 1.807) is 29.2 Å². The van der Waals surface area contributed by atoms with Gasteiger partial charge in [0.15, 0.2) is 0 Å². The Morgan fingerprint density at radius 3 is 2.00 bits per heavy atom. The van der Waals surface area contributed by atoms with Gasteiger partial charge < -0.3 is 10.2 Å². The minimum absolute atomic E-state index is 0.00182. The van der Waals surface area contributed by atoms with E-state index >= 15 is 0 Å². The molecule has 1 saturated heterocycles. The Labute approximate surface area is 186 Å². The third-order valence-corrected chi connectivity index (χ3v) is 7.83. The molecule has 31 heavy (non-hydrogen) atoms. The second-order valence-electron chi connectivity index (χ2n) is 8.52. The number of carbonyl (C=O) groups excluding carboxylic acids is 1. The van der Waals surface area contributed by atoms with Crippen LogP contribution in [0.25, 0.3) is 0 Å². The van der Waals surface area contributed by atoms with Crippen LogP contribution in [0.1, 0.15) is 49.4 Å². The van der Waals surface area contributed by atoms with E-state index in [2.05, 4.69) is 43.4 Å². The van der Waals surface area contributed by atoms with Gasteiger partial charge in [0.2, 0.25) is 15.9 Å². The predicted molar refractivity (Wildman–Crippen MR) is 123 cm³/mol. The number of carbonyl (C=O) groups is 1. The van der Waals surface area contributed by atoms with Gasteiger partial charge >= 0.3 is 0 Å². The fourth-order valence-corrected chi connectivity index (χ4v) is 5.10. The monoisotopic (exact) mass is 443 g/mol. The Kier molecular flexibility index (Phi) is 7.51. The third kappa shape index (κ3) is 5.73. The van der Waals surface area contributed by atoms with Crippen molar-refractivity contribution < 1.29 is 13.2 Å². The average molecular weight is 444 g/mol. The smallest absolute Gasteiger partial charge is 0.243 e. The molecular weight excluding hydrogens is 410 g/mol. The van der Waals surface area contributed by atoms with Gasteiger partial charge in [-0.15, -0.1) is 0 Å². The summed E-state index contributed by atoms with van der Waals surface area (Å²) in [6.07, 6.45) is 0. The maximum Gasteiger partial charge on any atom is 0.243 e. The first-order valence-electron chi connectivity index (χ1n) is 10.9. The standard InChI is InChI=1S/C24H33N3O3S/c1-18(2)21-7-9-22(10-8-21)20(4)25-17-24(28)26-13-15-27(16-14-26)31(29,30)23-11-5-19(3)6-12-23/h5-12,18,20,25H,13-17H2,1-4H3. The molecular formula is C24H33N3O3S. The van der Waals surface area contributed by atoms with Gasteiger partial charge in [0.25, 0.3) is 0 Å². The minimum atomic E-state index is -3.52. The molecule has 0 aliphatic carbocycles. The number of sulfonamides is 1. The number of nitrogens with zero attached hydrogens (tertiary/aromatic N) is 2. The van der Waals surface area contributed by atoms with Crippen molar-refractivity contribution in [2.45, 2.75) is 44.6 Å². The summed E-state index contributed by atoms with van der Waals surface area (Å²) in [5.74, 6) is 0.491. The molecule has 3 rings (SSSR count). The highest BCUT2D eigenvalue weighted by atomic mass is 32.2. The van der Waals surface area contributed by atoms with Crippen LogP contribution < -0.4 is 5.32 Å². The SMILES string of the molecule is Cc1ccc(S(=O)(=O)N2CCN(C(=O)CNC(C)c3ccc(C(C)C)cc3)CC2)cc1. The zero-order chi connectivity index (χ0) is 22.6. The Hall–Kier alpha value is -2.22. The molecule has 1 atom stereocenters. The summed E-state index contributed by atoms with van der Waals surface area (Å²) in [6, 6.07) is 15.4. The van der Waals surface area contributed by atoms with Crippen LogP contribution in [0.5, 0.6) is 0 Å². The molecule has 0 spiro atoms. The molecule has 0 aromatic heterocycles. The highest BCUT2D eigenvalue weighted by Crippen LogP contribution is 2.20. The summed E-state index contributed by atoms with van der Waals surface area (Å²) in [6.45, 7) is 9.98. The molecule has 6 nitrogen and oxygen atoms in total. The quantitative estimate of drug-likeness (QED) is 0.713. The second kappa shape index (κ2) is 9.94. The molecule has 1 fully saturated rings. The van der Waals surface area contributed by atoms with Crippen LogP contribution in [0.4, 0.5) is 0 Å². The van der Waals surface area contributed by atoms with Gasteiger partial charge in [-0.2, -0.15) is 4.31 Å². The number of aryl methyl sites for hydroxylation is 1. The molecule has 168 valence electrons. The van der Waals surface area contributed by atoms with Crippen LogP contribution >= 0.6 is 0 Å². The molecule has 7 heteroatoms. The highest BCUT2D eigenvalue weighted by molar-refractivity contribution is 7.89. The van der Waals surface area contributed by atoms with Gasteiger partial charge in [-0.1, -0.05) is 55.8 Å². The summed E-state index contributed by atoms with van der Waals surface area (Å²) in [4.78, 5) is 14.7. The van der Waals surface area contributed by atoms with Crippen molar-refractivity contribution in [3.63, 3.8) is 0 Å². The largest absolute Gasteiger partial charge is 0.339 e. The van der Waals surface area contributed by atoms with Gasteiger partial charge in [0.1, 0.15) is 0 Å². The van der Waals surface area contributed by atoms with E-state index in [0.29, 0.717) is 37.0 Å². The molecule has 1 aliphatic heterocycles. The first-order chi connectivity index (χ1) is 14.7. The number of nitrogens with one attached hydrogen (secondary N) is 1. The molecule has 2 aromatic rings. The van der Waals surface area contributed by atoms with E-state index in [9.17, 15) is 13.2 Å². The zero-order valence-corrected chi connectivity index (χ0v) is 19.7. The predicted octanol–water partition coefficient (Wildman–Crippen LogP) is 3.30. The first kappa shape index (κ1) is 23.4. The summed E-state index contributed by atoms with van der Waals surface area (Å²) < 4.78 is 27.1. The number of piperazine rings is 1. The second-order valence-corrected chi connectivity index (χ2v) is 10.5. The van der Waals surface area contributed by atoms with Crippen LogP contribution in [-0.2, 0) is 14.8 Å². The van der Waals surface area contributed by atoms with E-state index in [-0.39, 0.29) is 18.5 Å². The summed E-state index contributed by atoms with van der Waals surface area (Å²) in [7, 11) is -3.52. The Morgan fingerprint density at radius 2 is 1.45 bits per heavy atom. The Balaban J connectivity index is 1.50. The lowest BCUT2D eigenvalue weighted by atomic mass is 9.99. The molecule has 1 heterocycles. The normalized spacial score (nSPS) is 16.5. The third-order valence-electron chi connectivity index (χ3n) is 5.91. The van der Waals surface area contributed by atoms with Crippen molar-refractivity contribution in [1.82, 2.24) is 14.5 Å². The van der Waals surface area contributed by atoms with Gasteiger partial charge in [-0.3, -0.25) is 4.79 Å². The molecule has 0 radical (unpaired) electrons. The van der Waals surface area contributed by atoms with E-state index in [0.717, 1.165) is 11.1 Å². The van der Waals surface area contributed by atoms with Crippen molar-refractivity contribution >= 4 is 15.9 Å². The van der Waals surface area contributed by atoms with Gasteiger partial charge in [0.05, 0.1) is 11.4 Å². The lowest BCUT2D eigenvalue weighted by Gasteiger charge is -2.34. The highest BCUT2D eigenvalue weighted by Gasteiger charge is 2.30. The zero-order valence-electron chi connectivity index (χ0n) is 18.8. The lowest BCUT2D eigenvalue weighted by molar-refractivity contribution is -0.131. The number of rotatable bonds is 7. The van der Waals surface area contributed by atoms with E-state index < -0.39 is 10.0 Å². The van der Waals surface area contributed by atoms with E-state index in [1.165, 1.54) is 9.87 Å². The van der Waals surface area contributed by atoms with Crippen molar-refractivity contribution in [2.75, 3.05) is 32.7 Å². The van der Waals surface area contributed by atoms with E-state index in [4.69, 9.17) is 0 Å². The van der Waals surface area contributed by atoms with Gasteiger partial charge in [-0.25, -0.2) is 8.42 Å². The van der Waals surface area contributed by atoms with Crippen LogP contribution in [0, 0.1) is 6.92 Å². The summed E-state index contributed by atoms with van der Waals surface area (Å²) in [5.41, 5.74) is 3.46. The maximum atomic E-state index is 12.8. The number of hydrogen-bond donors (Lipinski definition) is 1. The average Bonchev–Trinajstić information content (AvgIpc) is 2.77. The summed E-state index contributed by atoms with van der Waals surface area (Å²) >= 11 is 0. The fraction of sp³-hybridized carbons (Fsp3) is 0.458. The van der Waals surface area contributed by atoms with Crippen molar-refractivity contribution in [1.29, 1.82) is 0 Å². The fourth-order valence-electron chi connectivity index (χ4n) is 3.68. The molecule has 0 saturated carbocycles. The molecule has 2 aromatic carbocycles. The number of hydrogen-bond acceptors (Lipinski definition) is 4. The van der Waals surface area contributed by atoms with Crippen LogP contribution in [0.3, 0.4) is 0 Å². The van der Waals surface area contributed by atoms with Crippen LogP contribution in [0.2, 0.25) is 0 Å². The molecule has 0 bridgehead atoms.